The molecule has 0 bridgehead atoms. The van der Waals surface area contributed by atoms with Gasteiger partial charge in [-0.25, -0.2) is 4.98 Å². The summed E-state index contributed by atoms with van der Waals surface area (Å²) in [4.78, 5) is 9.48. The van der Waals surface area contributed by atoms with Crippen LogP contribution in [0.2, 0.25) is 5.02 Å². The molecule has 1 unspecified atom stereocenters. The molecule has 0 amide bonds. The molecule has 0 radical (unpaired) electrons. The number of halogens is 1. The number of thiazole rings is 1. The van der Waals surface area contributed by atoms with Gasteiger partial charge in [0.15, 0.2) is 0 Å². The molecule has 1 N–H and O–H groups in total. The van der Waals surface area contributed by atoms with Gasteiger partial charge in [0.1, 0.15) is 0 Å². The van der Waals surface area contributed by atoms with Gasteiger partial charge in [0, 0.05) is 29.9 Å². The Morgan fingerprint density at radius 3 is 3.00 bits per heavy atom. The van der Waals surface area contributed by atoms with E-state index in [1.807, 2.05) is 18.5 Å². The van der Waals surface area contributed by atoms with Gasteiger partial charge in [-0.3, -0.25) is 4.98 Å². The Kier molecular flexibility index (Phi) is 4.10. The molecule has 1 atom stereocenters. The van der Waals surface area contributed by atoms with Gasteiger partial charge in [-0.15, -0.1) is 11.3 Å². The number of aryl methyl sites for hydroxylation is 1. The topological polar surface area (TPSA) is 37.8 Å². The second kappa shape index (κ2) is 5.58. The average Bonchev–Trinajstić information content (AvgIpc) is 2.72. The first-order chi connectivity index (χ1) is 8.18. The fourth-order valence-corrected chi connectivity index (χ4v) is 2.60. The van der Waals surface area contributed by atoms with E-state index in [4.69, 9.17) is 11.6 Å². The average molecular weight is 268 g/mol. The third kappa shape index (κ3) is 3.03. The van der Waals surface area contributed by atoms with Crippen molar-refractivity contribution in [2.75, 3.05) is 0 Å². The van der Waals surface area contributed by atoms with E-state index >= 15 is 0 Å². The summed E-state index contributed by atoms with van der Waals surface area (Å²) in [6, 6.07) is 2.14. The highest BCUT2D eigenvalue weighted by Crippen LogP contribution is 2.22. The standard InChI is InChI=1S/C12H14ClN3S/c1-8(10-3-4-14-5-11(10)13)15-6-12-9(2)16-7-17-12/h3-5,7-8,15H,6H2,1-2H3. The molecule has 0 aromatic carbocycles. The summed E-state index contributed by atoms with van der Waals surface area (Å²) in [5.41, 5.74) is 4.04. The highest BCUT2D eigenvalue weighted by atomic mass is 35.5. The SMILES string of the molecule is Cc1ncsc1CNC(C)c1ccncc1Cl. The third-order valence-electron chi connectivity index (χ3n) is 2.68. The number of hydrogen-bond donors (Lipinski definition) is 1. The van der Waals surface area contributed by atoms with E-state index in [0.29, 0.717) is 5.02 Å². The van der Waals surface area contributed by atoms with Crippen LogP contribution in [0.25, 0.3) is 0 Å². The molecule has 2 heterocycles. The second-order valence-corrected chi connectivity index (χ2v) is 5.21. The van der Waals surface area contributed by atoms with E-state index in [-0.39, 0.29) is 6.04 Å². The van der Waals surface area contributed by atoms with Crippen molar-refractivity contribution in [3.05, 3.63) is 45.1 Å². The molecule has 0 fully saturated rings. The maximum atomic E-state index is 6.10. The number of hydrogen-bond acceptors (Lipinski definition) is 4. The third-order valence-corrected chi connectivity index (χ3v) is 3.93. The Labute approximate surface area is 110 Å². The second-order valence-electron chi connectivity index (χ2n) is 3.86. The van der Waals surface area contributed by atoms with Crippen molar-refractivity contribution in [2.45, 2.75) is 26.4 Å². The Hall–Kier alpha value is -0.970. The summed E-state index contributed by atoms with van der Waals surface area (Å²) in [6.07, 6.45) is 3.43. The molecular weight excluding hydrogens is 254 g/mol. The number of rotatable bonds is 4. The first kappa shape index (κ1) is 12.5. The molecule has 0 saturated carbocycles. The van der Waals surface area contributed by atoms with Crippen molar-refractivity contribution < 1.29 is 0 Å². The summed E-state index contributed by atoms with van der Waals surface area (Å²) < 4.78 is 0. The molecule has 0 aliphatic rings. The van der Waals surface area contributed by atoms with Crippen LogP contribution in [-0.4, -0.2) is 9.97 Å². The molecule has 2 aromatic heterocycles. The fraction of sp³-hybridized carbons (Fsp3) is 0.333. The Balaban J connectivity index is 2.01. The fourth-order valence-electron chi connectivity index (χ4n) is 1.59. The zero-order valence-electron chi connectivity index (χ0n) is 9.77. The molecule has 17 heavy (non-hydrogen) atoms. The minimum absolute atomic E-state index is 0.201. The Morgan fingerprint density at radius 2 is 2.35 bits per heavy atom. The predicted molar refractivity (Wildman–Crippen MR) is 71.4 cm³/mol. The van der Waals surface area contributed by atoms with Crippen LogP contribution in [0, 0.1) is 6.92 Å². The van der Waals surface area contributed by atoms with Gasteiger partial charge in [-0.05, 0) is 25.5 Å². The first-order valence-corrected chi connectivity index (χ1v) is 6.66. The van der Waals surface area contributed by atoms with E-state index in [1.54, 1.807) is 23.7 Å². The van der Waals surface area contributed by atoms with Gasteiger partial charge in [0.25, 0.3) is 0 Å². The van der Waals surface area contributed by atoms with Crippen molar-refractivity contribution in [2.24, 2.45) is 0 Å². The minimum atomic E-state index is 0.201. The molecule has 0 spiro atoms. The van der Waals surface area contributed by atoms with Crippen molar-refractivity contribution in [1.29, 1.82) is 0 Å². The lowest BCUT2D eigenvalue weighted by Crippen LogP contribution is -2.18. The van der Waals surface area contributed by atoms with E-state index in [9.17, 15) is 0 Å². The number of pyridine rings is 1. The van der Waals surface area contributed by atoms with Crippen LogP contribution in [0.5, 0.6) is 0 Å². The largest absolute Gasteiger partial charge is 0.305 e. The van der Waals surface area contributed by atoms with Gasteiger partial charge < -0.3 is 5.32 Å². The molecule has 90 valence electrons. The van der Waals surface area contributed by atoms with Crippen LogP contribution < -0.4 is 5.32 Å². The molecule has 3 nitrogen and oxygen atoms in total. The number of nitrogens with one attached hydrogen (secondary N) is 1. The van der Waals surface area contributed by atoms with Crippen molar-refractivity contribution >= 4 is 22.9 Å². The summed E-state index contributed by atoms with van der Waals surface area (Å²) in [6.45, 7) is 4.94. The Morgan fingerprint density at radius 1 is 1.53 bits per heavy atom. The maximum Gasteiger partial charge on any atom is 0.0798 e. The Bertz CT molecular complexity index is 498. The molecule has 0 aliphatic carbocycles. The highest BCUT2D eigenvalue weighted by molar-refractivity contribution is 7.09. The van der Waals surface area contributed by atoms with Crippen molar-refractivity contribution in [1.82, 2.24) is 15.3 Å². The van der Waals surface area contributed by atoms with Crippen LogP contribution in [0.1, 0.15) is 29.1 Å². The van der Waals surface area contributed by atoms with E-state index in [1.165, 1.54) is 4.88 Å². The lowest BCUT2D eigenvalue weighted by atomic mass is 10.1. The van der Waals surface area contributed by atoms with Crippen LogP contribution in [0.15, 0.2) is 24.0 Å². The van der Waals surface area contributed by atoms with Crippen LogP contribution in [0.4, 0.5) is 0 Å². The maximum absolute atomic E-state index is 6.10. The van der Waals surface area contributed by atoms with Gasteiger partial charge in [0.05, 0.1) is 16.2 Å². The summed E-state index contributed by atoms with van der Waals surface area (Å²) >= 11 is 7.77. The van der Waals surface area contributed by atoms with Gasteiger partial charge >= 0.3 is 0 Å². The summed E-state index contributed by atoms with van der Waals surface area (Å²) in [5.74, 6) is 0. The predicted octanol–water partition coefficient (Wildman–Crippen LogP) is 3.35. The molecule has 0 aliphatic heterocycles. The lowest BCUT2D eigenvalue weighted by Gasteiger charge is -2.14. The van der Waals surface area contributed by atoms with Crippen LogP contribution in [0.3, 0.4) is 0 Å². The van der Waals surface area contributed by atoms with Crippen molar-refractivity contribution in [3.8, 4) is 0 Å². The van der Waals surface area contributed by atoms with E-state index < -0.39 is 0 Å². The van der Waals surface area contributed by atoms with Gasteiger partial charge in [-0.1, -0.05) is 11.6 Å². The minimum Gasteiger partial charge on any atom is -0.305 e. The van der Waals surface area contributed by atoms with Crippen LogP contribution >= 0.6 is 22.9 Å². The zero-order valence-corrected chi connectivity index (χ0v) is 11.3. The summed E-state index contributed by atoms with van der Waals surface area (Å²) in [5, 5.41) is 4.14. The normalized spacial score (nSPS) is 12.6. The van der Waals surface area contributed by atoms with Gasteiger partial charge in [-0.2, -0.15) is 0 Å². The monoisotopic (exact) mass is 267 g/mol. The number of aromatic nitrogens is 2. The molecular formula is C12H14ClN3S. The summed E-state index contributed by atoms with van der Waals surface area (Å²) in [7, 11) is 0. The molecule has 2 rings (SSSR count). The highest BCUT2D eigenvalue weighted by Gasteiger charge is 2.10. The molecule has 0 saturated heterocycles. The molecule has 5 heteroatoms. The quantitative estimate of drug-likeness (QED) is 0.923. The molecule has 2 aromatic rings. The zero-order chi connectivity index (χ0) is 12.3. The van der Waals surface area contributed by atoms with E-state index in [2.05, 4.69) is 22.2 Å². The van der Waals surface area contributed by atoms with Crippen molar-refractivity contribution in [3.63, 3.8) is 0 Å². The van der Waals surface area contributed by atoms with Gasteiger partial charge in [0.2, 0.25) is 0 Å². The lowest BCUT2D eigenvalue weighted by molar-refractivity contribution is 0.577. The van der Waals surface area contributed by atoms with E-state index in [0.717, 1.165) is 17.8 Å². The smallest absolute Gasteiger partial charge is 0.0798 e. The first-order valence-electron chi connectivity index (χ1n) is 5.40. The van der Waals surface area contributed by atoms with Crippen LogP contribution in [-0.2, 0) is 6.54 Å². The number of nitrogens with zero attached hydrogens (tertiary/aromatic N) is 2.